The SMILES string of the molecule is Oc1c(O)c(O)c(-c2ccc3oc4cccc(-c5c6ccccc6c(-c6c(O)c(O)c(O)c(O)c6O)c6ccccc56)c4c3c2)c(O)c1O. The molecule has 242 valence electrons. The van der Waals surface area contributed by atoms with Crippen molar-refractivity contribution >= 4 is 43.5 Å². The first-order valence-corrected chi connectivity index (χ1v) is 14.8. The van der Waals surface area contributed by atoms with Crippen LogP contribution in [-0.2, 0) is 0 Å². The van der Waals surface area contributed by atoms with Crippen LogP contribution < -0.4 is 0 Å². The molecule has 49 heavy (non-hydrogen) atoms. The average Bonchev–Trinajstić information content (AvgIpc) is 3.50. The van der Waals surface area contributed by atoms with Gasteiger partial charge in [0, 0.05) is 16.3 Å². The lowest BCUT2D eigenvalue weighted by molar-refractivity contribution is 0.330. The molecule has 11 heteroatoms. The predicted molar refractivity (Wildman–Crippen MR) is 182 cm³/mol. The number of furan rings is 1. The second kappa shape index (κ2) is 10.2. The Bertz CT molecular complexity index is 2610. The van der Waals surface area contributed by atoms with Crippen LogP contribution >= 0.6 is 0 Å². The van der Waals surface area contributed by atoms with E-state index < -0.39 is 57.5 Å². The third-order valence-electron chi connectivity index (χ3n) is 8.98. The summed E-state index contributed by atoms with van der Waals surface area (Å²) in [6, 6.07) is 24.4. The molecule has 0 radical (unpaired) electrons. The number of hydrogen-bond donors (Lipinski definition) is 10. The highest BCUT2D eigenvalue weighted by Gasteiger charge is 2.29. The van der Waals surface area contributed by atoms with Crippen molar-refractivity contribution in [3.8, 4) is 90.9 Å². The van der Waals surface area contributed by atoms with Gasteiger partial charge in [0.2, 0.25) is 34.5 Å². The summed E-state index contributed by atoms with van der Waals surface area (Å²) in [6.45, 7) is 0. The van der Waals surface area contributed by atoms with Crippen LogP contribution in [0.2, 0.25) is 0 Å². The van der Waals surface area contributed by atoms with Crippen LogP contribution in [0.5, 0.6) is 57.5 Å². The minimum atomic E-state index is -1.07. The van der Waals surface area contributed by atoms with Crippen LogP contribution in [0, 0.1) is 0 Å². The van der Waals surface area contributed by atoms with E-state index in [0.29, 0.717) is 54.6 Å². The smallest absolute Gasteiger partial charge is 0.208 e. The van der Waals surface area contributed by atoms with Gasteiger partial charge in [-0.3, -0.25) is 0 Å². The van der Waals surface area contributed by atoms with Crippen LogP contribution in [0.25, 0.3) is 76.9 Å². The fourth-order valence-electron chi connectivity index (χ4n) is 6.76. The molecule has 0 aliphatic rings. The van der Waals surface area contributed by atoms with Crippen molar-refractivity contribution in [1.82, 2.24) is 0 Å². The molecule has 0 fully saturated rings. The van der Waals surface area contributed by atoms with Crippen molar-refractivity contribution in [3.05, 3.63) is 84.9 Å². The van der Waals surface area contributed by atoms with Gasteiger partial charge in [0.1, 0.15) is 11.2 Å². The maximum absolute atomic E-state index is 11.0. The molecule has 0 aliphatic heterocycles. The van der Waals surface area contributed by atoms with E-state index in [1.165, 1.54) is 6.07 Å². The van der Waals surface area contributed by atoms with E-state index in [4.69, 9.17) is 4.42 Å². The van der Waals surface area contributed by atoms with Crippen molar-refractivity contribution in [3.63, 3.8) is 0 Å². The van der Waals surface area contributed by atoms with Gasteiger partial charge in [-0.1, -0.05) is 66.7 Å². The molecule has 0 spiro atoms. The number of benzene rings is 7. The highest BCUT2D eigenvalue weighted by atomic mass is 16.4. The first kappa shape index (κ1) is 29.3. The summed E-state index contributed by atoms with van der Waals surface area (Å²) < 4.78 is 6.21. The Morgan fingerprint density at radius 1 is 0.327 bits per heavy atom. The number of rotatable bonds is 3. The molecule has 11 nitrogen and oxygen atoms in total. The number of phenolic OH excluding ortho intramolecular Hbond substituents is 10. The number of hydrogen-bond acceptors (Lipinski definition) is 11. The maximum atomic E-state index is 11.0. The van der Waals surface area contributed by atoms with Crippen LogP contribution in [0.4, 0.5) is 0 Å². The zero-order chi connectivity index (χ0) is 34.5. The van der Waals surface area contributed by atoms with Crippen molar-refractivity contribution in [1.29, 1.82) is 0 Å². The molecular weight excluding hydrogens is 632 g/mol. The van der Waals surface area contributed by atoms with Crippen molar-refractivity contribution in [2.24, 2.45) is 0 Å². The van der Waals surface area contributed by atoms with Gasteiger partial charge >= 0.3 is 0 Å². The highest BCUT2D eigenvalue weighted by Crippen LogP contribution is 2.59. The minimum absolute atomic E-state index is 0.188. The van der Waals surface area contributed by atoms with Gasteiger partial charge in [0.15, 0.2) is 23.0 Å². The molecule has 7 aromatic carbocycles. The molecule has 0 saturated carbocycles. The lowest BCUT2D eigenvalue weighted by Gasteiger charge is -2.20. The molecule has 8 aromatic rings. The summed E-state index contributed by atoms with van der Waals surface area (Å²) in [5, 5.41) is 108. The second-order valence-corrected chi connectivity index (χ2v) is 11.6. The van der Waals surface area contributed by atoms with Gasteiger partial charge in [-0.25, -0.2) is 0 Å². The molecule has 0 atom stereocenters. The molecule has 1 heterocycles. The molecule has 1 aromatic heterocycles. The Kier molecular flexibility index (Phi) is 6.08. The second-order valence-electron chi connectivity index (χ2n) is 11.6. The lowest BCUT2D eigenvalue weighted by Crippen LogP contribution is -1.92. The van der Waals surface area contributed by atoms with Crippen molar-refractivity contribution in [2.75, 3.05) is 0 Å². The molecule has 0 bridgehead atoms. The first-order chi connectivity index (χ1) is 23.5. The van der Waals surface area contributed by atoms with E-state index in [1.54, 1.807) is 60.7 Å². The van der Waals surface area contributed by atoms with Crippen LogP contribution in [0.15, 0.2) is 89.3 Å². The predicted octanol–water partition coefficient (Wildman–Crippen LogP) is 7.95. The summed E-state index contributed by atoms with van der Waals surface area (Å²) in [6.07, 6.45) is 0. The van der Waals surface area contributed by atoms with Gasteiger partial charge < -0.3 is 55.5 Å². The van der Waals surface area contributed by atoms with Crippen LogP contribution in [0.3, 0.4) is 0 Å². The monoisotopic (exact) mass is 656 g/mol. The first-order valence-electron chi connectivity index (χ1n) is 14.8. The maximum Gasteiger partial charge on any atom is 0.208 e. The quantitative estimate of drug-likeness (QED) is 0.0500. The Morgan fingerprint density at radius 3 is 1.29 bits per heavy atom. The van der Waals surface area contributed by atoms with E-state index in [9.17, 15) is 51.1 Å². The third kappa shape index (κ3) is 3.90. The van der Waals surface area contributed by atoms with Crippen molar-refractivity contribution in [2.45, 2.75) is 0 Å². The highest BCUT2D eigenvalue weighted by molar-refractivity contribution is 6.26. The van der Waals surface area contributed by atoms with Gasteiger partial charge in [-0.15, -0.1) is 0 Å². The summed E-state index contributed by atoms with van der Waals surface area (Å²) in [5.41, 5.74) is 2.18. The Hall–Kier alpha value is -7.14. The van der Waals surface area contributed by atoms with E-state index in [0.717, 1.165) is 0 Å². The molecule has 0 saturated heterocycles. The van der Waals surface area contributed by atoms with E-state index in [1.807, 2.05) is 18.2 Å². The standard InChI is InChI=1S/C38H24O11/c39-29-24(30(40)34(44)37(47)33(29)43)15-12-13-22-21(14-15)26-20(10-5-11-23(26)49-22)25-16-6-1-3-8-18(16)27(19-9-4-2-7-17(19)25)28-31(41)35(45)38(48)36(46)32(28)42/h1-14,39-48H. The summed E-state index contributed by atoms with van der Waals surface area (Å²) in [4.78, 5) is 0. The molecule has 0 amide bonds. The minimum Gasteiger partial charge on any atom is -0.504 e. The average molecular weight is 657 g/mol. The third-order valence-corrected chi connectivity index (χ3v) is 8.98. The number of fused-ring (bicyclic) bond motifs is 5. The fraction of sp³-hybridized carbons (Fsp3) is 0. The molecular formula is C38H24O11. The normalized spacial score (nSPS) is 11.7. The lowest BCUT2D eigenvalue weighted by atomic mass is 9.84. The summed E-state index contributed by atoms with van der Waals surface area (Å²) in [7, 11) is 0. The zero-order valence-corrected chi connectivity index (χ0v) is 25.0. The molecule has 0 aliphatic carbocycles. The van der Waals surface area contributed by atoms with Crippen molar-refractivity contribution < 1.29 is 55.5 Å². The topological polar surface area (TPSA) is 215 Å². The van der Waals surface area contributed by atoms with E-state index in [-0.39, 0.29) is 22.3 Å². The largest absolute Gasteiger partial charge is 0.504 e. The van der Waals surface area contributed by atoms with Gasteiger partial charge in [-0.2, -0.15) is 0 Å². The van der Waals surface area contributed by atoms with Gasteiger partial charge in [-0.05, 0) is 56.4 Å². The van der Waals surface area contributed by atoms with Gasteiger partial charge in [0.05, 0.1) is 11.1 Å². The van der Waals surface area contributed by atoms with Crippen LogP contribution in [-0.4, -0.2) is 51.1 Å². The summed E-state index contributed by atoms with van der Waals surface area (Å²) >= 11 is 0. The molecule has 0 unspecified atom stereocenters. The fourth-order valence-corrected chi connectivity index (χ4v) is 6.76. The number of aromatic hydroxyl groups is 10. The number of phenols is 10. The molecule has 8 rings (SSSR count). The zero-order valence-electron chi connectivity index (χ0n) is 25.0. The Morgan fingerprint density at radius 2 is 0.776 bits per heavy atom. The van der Waals surface area contributed by atoms with E-state index in [2.05, 4.69) is 0 Å². The Balaban J connectivity index is 1.50. The van der Waals surface area contributed by atoms with Crippen LogP contribution in [0.1, 0.15) is 0 Å². The summed E-state index contributed by atoms with van der Waals surface area (Å²) in [5.74, 6) is -9.49. The molecule has 10 N–H and O–H groups in total. The van der Waals surface area contributed by atoms with E-state index >= 15 is 0 Å². The Labute approximate surface area is 274 Å². The van der Waals surface area contributed by atoms with Gasteiger partial charge in [0.25, 0.3) is 0 Å².